The molecule has 0 saturated carbocycles. The van der Waals surface area contributed by atoms with Crippen LogP contribution in [0.5, 0.6) is 0 Å². The second-order valence-corrected chi connectivity index (χ2v) is 9.64. The van der Waals surface area contributed by atoms with Gasteiger partial charge in [-0.2, -0.15) is 0 Å². The molecule has 23 heavy (non-hydrogen) atoms. The summed E-state index contributed by atoms with van der Waals surface area (Å²) < 4.78 is 0. The Labute approximate surface area is 156 Å². The second kappa shape index (κ2) is 11.8. The largest absolute Gasteiger partial charge is 0.102 e. The first-order valence-corrected chi connectivity index (χ1v) is 12.7. The van der Waals surface area contributed by atoms with E-state index < -0.39 is 7.92 Å². The fraction of sp³-hybridized carbons (Fsp3) is 0. The summed E-state index contributed by atoms with van der Waals surface area (Å²) in [6, 6.07) is 32.5. The molecule has 0 amide bonds. The van der Waals surface area contributed by atoms with Crippen LogP contribution in [0.1, 0.15) is 0 Å². The number of hydrogen-bond donors (Lipinski definition) is 0. The molecule has 0 aliphatic rings. The Bertz CT molecular complexity index is 554. The fourth-order valence-electron chi connectivity index (χ4n) is 2.31. The van der Waals surface area contributed by atoms with Gasteiger partial charge in [-0.3, -0.25) is 0 Å². The smallest absolute Gasteiger partial charge is 0.0620 e. The summed E-state index contributed by atoms with van der Waals surface area (Å²) in [5.41, 5.74) is 0. The topological polar surface area (TPSA) is 0 Å². The monoisotopic (exact) mass is 450 g/mol. The van der Waals surface area contributed by atoms with Gasteiger partial charge in [-0.1, -0.05) is 54.6 Å². The van der Waals surface area contributed by atoms with Crippen LogP contribution in [0.15, 0.2) is 91.0 Å². The Morgan fingerprint density at radius 3 is 0.957 bits per heavy atom. The first-order chi connectivity index (χ1) is 10.9. The molecule has 0 saturated heterocycles. The first kappa shape index (κ1) is 20.3. The van der Waals surface area contributed by atoms with Gasteiger partial charge in [-0.05, 0) is 36.4 Å². The Morgan fingerprint density at radius 2 is 0.739 bits per heavy atom. The molecule has 0 radical (unpaired) electrons. The Kier molecular flexibility index (Phi) is 10.4. The van der Waals surface area contributed by atoms with Crippen molar-refractivity contribution in [2.45, 2.75) is 0 Å². The molecule has 3 aromatic rings. The van der Waals surface area contributed by atoms with Crippen molar-refractivity contribution in [1.29, 1.82) is 0 Å². The minimum atomic E-state index is -0.877. The van der Waals surface area contributed by atoms with E-state index in [0.29, 0.717) is 0 Å². The number of hydrogen-bond acceptors (Lipinski definition) is 0. The molecular weight excluding hydrogens is 431 g/mol. The van der Waals surface area contributed by atoms with Crippen LogP contribution in [-0.2, 0) is 15.1 Å². The summed E-state index contributed by atoms with van der Waals surface area (Å²) >= 11 is -0.346. The van der Waals surface area contributed by atoms with Crippen molar-refractivity contribution in [1.82, 2.24) is 0 Å². The normalized spacial score (nSPS) is 9.70. The number of halogens is 2. The molecule has 0 atom stereocenters. The van der Waals surface area contributed by atoms with Gasteiger partial charge in [0.1, 0.15) is 15.9 Å². The Hall–Kier alpha value is -0.707. The minimum absolute atomic E-state index is 0. The maximum Gasteiger partial charge on any atom is 0.102 e. The summed E-state index contributed by atoms with van der Waals surface area (Å²) in [6.07, 6.45) is 0. The van der Waals surface area contributed by atoms with Crippen molar-refractivity contribution in [2.24, 2.45) is 0 Å². The third kappa shape index (κ3) is 6.36. The van der Waals surface area contributed by atoms with E-state index in [4.69, 9.17) is 19.4 Å². The molecule has 0 fully saturated rings. The quantitative estimate of drug-likeness (QED) is 0.299. The SMILES string of the molecule is [CH3-].[Cl][Ru][Cl].c1ccc([PH+](c2ccccc2)c2ccccc2)cc1. The molecule has 3 rings (SSSR count). The molecule has 0 heterocycles. The maximum atomic E-state index is 4.85. The zero-order valence-corrected chi connectivity index (χ0v) is 17.0. The van der Waals surface area contributed by atoms with E-state index in [-0.39, 0.29) is 22.6 Å². The molecule has 0 unspecified atom stereocenters. The molecule has 0 spiro atoms. The third-order valence-corrected chi connectivity index (χ3v) is 5.92. The molecule has 0 nitrogen and oxygen atoms in total. The van der Waals surface area contributed by atoms with Gasteiger partial charge in [-0.25, -0.2) is 0 Å². The van der Waals surface area contributed by atoms with E-state index in [1.165, 1.54) is 15.9 Å². The fourth-order valence-corrected chi connectivity index (χ4v) is 4.89. The van der Waals surface area contributed by atoms with Crippen molar-refractivity contribution in [3.05, 3.63) is 98.4 Å². The van der Waals surface area contributed by atoms with Crippen LogP contribution in [0, 0.1) is 7.43 Å². The summed E-state index contributed by atoms with van der Waals surface area (Å²) in [5, 5.41) is 4.31. The molecule has 0 aliphatic heterocycles. The molecule has 0 aromatic heterocycles. The van der Waals surface area contributed by atoms with E-state index in [9.17, 15) is 0 Å². The molecule has 0 aliphatic carbocycles. The van der Waals surface area contributed by atoms with Crippen molar-refractivity contribution < 1.29 is 15.1 Å². The van der Waals surface area contributed by atoms with Crippen LogP contribution in [0.3, 0.4) is 0 Å². The van der Waals surface area contributed by atoms with Crippen molar-refractivity contribution >= 4 is 43.2 Å². The summed E-state index contributed by atoms with van der Waals surface area (Å²) in [7, 11) is 8.83. The van der Waals surface area contributed by atoms with E-state index >= 15 is 0 Å². The van der Waals surface area contributed by atoms with E-state index in [0.717, 1.165) is 0 Å². The van der Waals surface area contributed by atoms with E-state index in [1.807, 2.05) is 0 Å². The predicted octanol–water partition coefficient (Wildman–Crippen LogP) is 5.00. The van der Waals surface area contributed by atoms with Crippen LogP contribution >= 0.6 is 27.3 Å². The van der Waals surface area contributed by atoms with Crippen LogP contribution in [0.2, 0.25) is 0 Å². The van der Waals surface area contributed by atoms with E-state index in [2.05, 4.69) is 91.0 Å². The first-order valence-electron chi connectivity index (χ1n) is 6.75. The molecular formula is C19H19Cl2PRu. The third-order valence-electron chi connectivity index (χ3n) is 3.19. The Morgan fingerprint density at radius 1 is 0.522 bits per heavy atom. The van der Waals surface area contributed by atoms with Gasteiger partial charge in [0.15, 0.2) is 0 Å². The molecule has 0 bridgehead atoms. The molecule has 4 heteroatoms. The van der Waals surface area contributed by atoms with Gasteiger partial charge < -0.3 is 7.43 Å². The van der Waals surface area contributed by atoms with Crippen molar-refractivity contribution in [2.75, 3.05) is 0 Å². The van der Waals surface area contributed by atoms with Crippen LogP contribution in [-0.4, -0.2) is 0 Å². The summed E-state index contributed by atoms with van der Waals surface area (Å²) in [4.78, 5) is 0. The zero-order chi connectivity index (χ0) is 15.6. The van der Waals surface area contributed by atoms with Gasteiger partial charge in [0.25, 0.3) is 0 Å². The van der Waals surface area contributed by atoms with Crippen LogP contribution in [0.4, 0.5) is 0 Å². The van der Waals surface area contributed by atoms with Crippen LogP contribution in [0.25, 0.3) is 0 Å². The van der Waals surface area contributed by atoms with Gasteiger partial charge in [-0.15, -0.1) is 0 Å². The molecule has 0 N–H and O–H groups in total. The van der Waals surface area contributed by atoms with Crippen LogP contribution < -0.4 is 15.9 Å². The second-order valence-electron chi connectivity index (χ2n) is 4.52. The number of benzene rings is 3. The van der Waals surface area contributed by atoms with Gasteiger partial charge in [0.2, 0.25) is 0 Å². The van der Waals surface area contributed by atoms with Gasteiger partial charge in [0, 0.05) is 0 Å². The van der Waals surface area contributed by atoms with Gasteiger partial charge >= 0.3 is 34.5 Å². The minimum Gasteiger partial charge on any atom is -0.0620 e. The summed E-state index contributed by atoms with van der Waals surface area (Å²) in [6.45, 7) is 0. The average Bonchev–Trinajstić information content (AvgIpc) is 2.59. The predicted molar refractivity (Wildman–Crippen MR) is 105 cm³/mol. The Balaban J connectivity index is 0.000000615. The molecule has 122 valence electrons. The summed E-state index contributed by atoms with van der Waals surface area (Å²) in [5.74, 6) is 0. The molecule has 3 aromatic carbocycles. The van der Waals surface area contributed by atoms with Gasteiger partial charge in [0.05, 0.1) is 7.92 Å². The van der Waals surface area contributed by atoms with E-state index in [1.54, 1.807) is 0 Å². The zero-order valence-electron chi connectivity index (χ0n) is 12.8. The number of rotatable bonds is 3. The standard InChI is InChI=1S/C18H15P.CH3.2ClH.Ru/c1-4-10-16(11-5-1)19(17-12-6-2-7-13-17)18-14-8-3-9-15-18;;;;/h1-15H;1H3;2*1H;/q;-1;;;+2/p-1. The van der Waals surface area contributed by atoms with Crippen molar-refractivity contribution in [3.63, 3.8) is 0 Å². The van der Waals surface area contributed by atoms with Crippen molar-refractivity contribution in [3.8, 4) is 0 Å². The average molecular weight is 450 g/mol. The maximum absolute atomic E-state index is 4.85.